The Morgan fingerprint density at radius 3 is 2.60 bits per heavy atom. The van der Waals surface area contributed by atoms with Crippen molar-refractivity contribution in [3.8, 4) is 17.0 Å². The van der Waals surface area contributed by atoms with Crippen LogP contribution in [0.15, 0.2) is 73.3 Å². The number of hydrogen-bond donors (Lipinski definition) is 2. The highest BCUT2D eigenvalue weighted by atomic mass is 19.4. The summed E-state index contributed by atoms with van der Waals surface area (Å²) in [6, 6.07) is 13.7. The number of benzene rings is 2. The van der Waals surface area contributed by atoms with Gasteiger partial charge < -0.3 is 15.4 Å². The Hall–Kier alpha value is -4.51. The van der Waals surface area contributed by atoms with Crippen LogP contribution in [0.5, 0.6) is 5.75 Å². The highest BCUT2D eigenvalue weighted by molar-refractivity contribution is 6.05. The van der Waals surface area contributed by atoms with Gasteiger partial charge in [0, 0.05) is 47.5 Å². The van der Waals surface area contributed by atoms with Gasteiger partial charge in [-0.2, -0.15) is 13.2 Å². The number of rotatable bonds is 9. The van der Waals surface area contributed by atoms with E-state index in [0.29, 0.717) is 23.7 Å². The molecule has 0 atom stereocenters. The fraction of sp³-hybridized carbons (Fsp3) is 0.290. The Kier molecular flexibility index (Phi) is 8.97. The van der Waals surface area contributed by atoms with Gasteiger partial charge in [-0.05, 0) is 80.9 Å². The lowest BCUT2D eigenvalue weighted by Gasteiger charge is -2.26. The number of likely N-dealkylation sites (tertiary alicyclic amines) is 1. The van der Waals surface area contributed by atoms with Crippen LogP contribution in [0, 0.1) is 6.92 Å². The third-order valence-corrected chi connectivity index (χ3v) is 7.04. The summed E-state index contributed by atoms with van der Waals surface area (Å²) in [6.07, 6.45) is 3.53. The van der Waals surface area contributed by atoms with Gasteiger partial charge in [-0.1, -0.05) is 12.5 Å². The van der Waals surface area contributed by atoms with Crippen molar-refractivity contribution in [2.45, 2.75) is 32.4 Å². The predicted octanol–water partition coefficient (Wildman–Crippen LogP) is 6.73. The van der Waals surface area contributed by atoms with E-state index in [1.165, 1.54) is 18.8 Å². The van der Waals surface area contributed by atoms with Crippen LogP contribution < -0.4 is 15.4 Å². The first-order chi connectivity index (χ1) is 20.3. The maximum Gasteiger partial charge on any atom is 0.416 e. The van der Waals surface area contributed by atoms with Crippen molar-refractivity contribution in [3.63, 3.8) is 0 Å². The summed E-state index contributed by atoms with van der Waals surface area (Å²) >= 11 is 0. The number of piperidine rings is 1. The molecule has 2 N–H and O–H groups in total. The molecular weight excluding hydrogens is 545 g/mol. The summed E-state index contributed by atoms with van der Waals surface area (Å²) in [5.41, 5.74) is 2.22. The molecule has 8 nitrogen and oxygen atoms in total. The van der Waals surface area contributed by atoms with E-state index in [1.54, 1.807) is 42.7 Å². The van der Waals surface area contributed by atoms with Gasteiger partial charge in [0.25, 0.3) is 5.91 Å². The molecule has 2 aromatic heterocycles. The SMILES string of the molecule is Cc1ccc(C(=O)Nc2cc(OCCN3CCCCC3)cc(C(F)(F)F)c2)cc1Nc1ncccc1-c1ccncn1. The fourth-order valence-corrected chi connectivity index (χ4v) is 4.78. The van der Waals surface area contributed by atoms with Crippen molar-refractivity contribution in [3.05, 3.63) is 90.0 Å². The molecule has 0 radical (unpaired) electrons. The van der Waals surface area contributed by atoms with Gasteiger partial charge in [0.15, 0.2) is 0 Å². The first kappa shape index (κ1) is 29.0. The Morgan fingerprint density at radius 2 is 1.83 bits per heavy atom. The standard InChI is InChI=1S/C31H31F3N6O2/c1-21-7-8-22(16-28(21)39-29-26(6-5-10-36-29)27-9-11-35-20-37-27)30(41)38-24-17-23(31(32,33)34)18-25(19-24)42-15-14-40-12-3-2-4-13-40/h5-11,16-20H,2-4,12-15H2,1H3,(H,36,39)(H,38,41). The van der Waals surface area contributed by atoms with Gasteiger partial charge in [0.05, 0.1) is 11.3 Å². The Morgan fingerprint density at radius 1 is 1.00 bits per heavy atom. The molecule has 1 saturated heterocycles. The first-order valence-corrected chi connectivity index (χ1v) is 13.7. The normalized spacial score (nSPS) is 13.9. The van der Waals surface area contributed by atoms with Crippen LogP contribution in [0.25, 0.3) is 11.3 Å². The predicted molar refractivity (Wildman–Crippen MR) is 155 cm³/mol. The topological polar surface area (TPSA) is 92.3 Å². The largest absolute Gasteiger partial charge is 0.492 e. The second-order valence-corrected chi connectivity index (χ2v) is 10.1. The van der Waals surface area contributed by atoms with Gasteiger partial charge in [0.1, 0.15) is 24.5 Å². The molecule has 1 aliphatic heterocycles. The number of ether oxygens (including phenoxy) is 1. The zero-order valence-corrected chi connectivity index (χ0v) is 23.1. The number of aryl methyl sites for hydroxylation is 1. The third kappa shape index (κ3) is 7.41. The number of anilines is 3. The average Bonchev–Trinajstić information content (AvgIpc) is 2.99. The summed E-state index contributed by atoms with van der Waals surface area (Å²) in [5, 5.41) is 5.87. The Labute approximate surface area is 242 Å². The average molecular weight is 577 g/mol. The molecule has 0 spiro atoms. The van der Waals surface area contributed by atoms with Crippen LogP contribution in [0.1, 0.15) is 40.7 Å². The van der Waals surface area contributed by atoms with E-state index >= 15 is 0 Å². The number of halogens is 3. The van der Waals surface area contributed by atoms with Crippen molar-refractivity contribution < 1.29 is 22.7 Å². The van der Waals surface area contributed by atoms with Crippen molar-refractivity contribution in [2.24, 2.45) is 0 Å². The van der Waals surface area contributed by atoms with Gasteiger partial charge in [0.2, 0.25) is 0 Å². The number of hydrogen-bond acceptors (Lipinski definition) is 7. The molecule has 3 heterocycles. The van der Waals surface area contributed by atoms with Crippen LogP contribution in [0.2, 0.25) is 0 Å². The Balaban J connectivity index is 1.33. The minimum atomic E-state index is -4.60. The lowest BCUT2D eigenvalue weighted by Crippen LogP contribution is -2.33. The zero-order valence-electron chi connectivity index (χ0n) is 23.1. The third-order valence-electron chi connectivity index (χ3n) is 7.04. The number of carbonyl (C=O) groups is 1. The molecule has 0 aliphatic carbocycles. The molecule has 42 heavy (non-hydrogen) atoms. The molecule has 218 valence electrons. The fourth-order valence-electron chi connectivity index (χ4n) is 4.78. The van der Waals surface area contributed by atoms with Crippen LogP contribution in [-0.4, -0.2) is 52.0 Å². The number of alkyl halides is 3. The molecule has 2 aromatic carbocycles. The second kappa shape index (κ2) is 13.0. The Bertz CT molecular complexity index is 1530. The number of pyridine rings is 1. The maximum atomic E-state index is 13.7. The van der Waals surface area contributed by atoms with E-state index in [9.17, 15) is 18.0 Å². The molecule has 1 fully saturated rings. The molecule has 4 aromatic rings. The molecule has 0 unspecified atom stereocenters. The zero-order chi connectivity index (χ0) is 29.5. The molecule has 0 bridgehead atoms. The molecule has 11 heteroatoms. The number of carbonyl (C=O) groups excluding carboxylic acids is 1. The second-order valence-electron chi connectivity index (χ2n) is 10.1. The molecular formula is C31H31F3N6O2. The van der Waals surface area contributed by atoms with Crippen LogP contribution in [0.3, 0.4) is 0 Å². The van der Waals surface area contributed by atoms with Crippen molar-refractivity contribution in [2.75, 3.05) is 36.9 Å². The number of nitrogens with one attached hydrogen (secondary N) is 2. The first-order valence-electron chi connectivity index (χ1n) is 13.7. The summed E-state index contributed by atoms with van der Waals surface area (Å²) < 4.78 is 46.7. The number of aromatic nitrogens is 3. The van der Waals surface area contributed by atoms with Crippen LogP contribution in [0.4, 0.5) is 30.4 Å². The molecule has 0 saturated carbocycles. The molecule has 1 amide bonds. The van der Waals surface area contributed by atoms with Crippen molar-refractivity contribution >= 4 is 23.1 Å². The van der Waals surface area contributed by atoms with E-state index in [4.69, 9.17) is 4.74 Å². The summed E-state index contributed by atoms with van der Waals surface area (Å²) in [7, 11) is 0. The van der Waals surface area contributed by atoms with E-state index < -0.39 is 17.6 Å². The monoisotopic (exact) mass is 576 g/mol. The van der Waals surface area contributed by atoms with Crippen molar-refractivity contribution in [1.29, 1.82) is 0 Å². The smallest absolute Gasteiger partial charge is 0.416 e. The van der Waals surface area contributed by atoms with E-state index in [-0.39, 0.29) is 23.6 Å². The lowest BCUT2D eigenvalue weighted by atomic mass is 10.1. The maximum absolute atomic E-state index is 13.7. The van der Waals surface area contributed by atoms with Crippen molar-refractivity contribution in [1.82, 2.24) is 19.9 Å². The minimum Gasteiger partial charge on any atom is -0.492 e. The van der Waals surface area contributed by atoms with E-state index in [1.807, 2.05) is 13.0 Å². The molecule has 5 rings (SSSR count). The van der Waals surface area contributed by atoms with Gasteiger partial charge in [-0.3, -0.25) is 9.69 Å². The van der Waals surface area contributed by atoms with Gasteiger partial charge in [-0.25, -0.2) is 15.0 Å². The molecule has 1 aliphatic rings. The number of nitrogens with zero attached hydrogens (tertiary/aromatic N) is 4. The minimum absolute atomic E-state index is 0.00587. The van der Waals surface area contributed by atoms with E-state index in [2.05, 4.69) is 30.5 Å². The van der Waals surface area contributed by atoms with Gasteiger partial charge >= 0.3 is 6.18 Å². The quantitative estimate of drug-likeness (QED) is 0.228. The summed E-state index contributed by atoms with van der Waals surface area (Å²) in [6.45, 7) is 4.68. The summed E-state index contributed by atoms with van der Waals surface area (Å²) in [5.74, 6) is 0.0190. The van der Waals surface area contributed by atoms with E-state index in [0.717, 1.165) is 49.2 Å². The lowest BCUT2D eigenvalue weighted by molar-refractivity contribution is -0.137. The highest BCUT2D eigenvalue weighted by Crippen LogP contribution is 2.35. The highest BCUT2D eigenvalue weighted by Gasteiger charge is 2.32. The van der Waals surface area contributed by atoms with Crippen LogP contribution in [-0.2, 0) is 6.18 Å². The number of amides is 1. The summed E-state index contributed by atoms with van der Waals surface area (Å²) in [4.78, 5) is 28.1. The van der Waals surface area contributed by atoms with Crippen LogP contribution >= 0.6 is 0 Å². The van der Waals surface area contributed by atoms with Gasteiger partial charge in [-0.15, -0.1) is 0 Å².